The van der Waals surface area contributed by atoms with Gasteiger partial charge in [-0.15, -0.1) is 0 Å². The van der Waals surface area contributed by atoms with Crippen molar-refractivity contribution >= 4 is 17.0 Å². The first-order chi connectivity index (χ1) is 9.31. The van der Waals surface area contributed by atoms with Crippen molar-refractivity contribution in [3.05, 3.63) is 30.5 Å². The number of fused-ring (bicyclic) bond motifs is 1. The minimum atomic E-state index is -0.346. The van der Waals surface area contributed by atoms with Gasteiger partial charge >= 0.3 is 6.09 Å². The summed E-state index contributed by atoms with van der Waals surface area (Å²) >= 11 is 0. The number of amides is 1. The van der Waals surface area contributed by atoms with E-state index in [0.717, 1.165) is 23.7 Å². The van der Waals surface area contributed by atoms with Crippen molar-refractivity contribution in [3.8, 4) is 5.75 Å². The summed E-state index contributed by atoms with van der Waals surface area (Å²) in [5.74, 6) is 0.584. The van der Waals surface area contributed by atoms with E-state index in [9.17, 15) is 4.79 Å². The Morgan fingerprint density at radius 2 is 2.05 bits per heavy atom. The number of hydrogen-bond acceptors (Lipinski definition) is 2. The molecule has 1 saturated carbocycles. The maximum atomic E-state index is 11.8. The number of hydrogen-bond donors (Lipinski definition) is 2. The number of carbonyl (C=O) groups excluding carboxylic acids is 1. The van der Waals surface area contributed by atoms with E-state index >= 15 is 0 Å². The Balaban J connectivity index is 1.61. The molecule has 1 aromatic carbocycles. The molecule has 4 nitrogen and oxygen atoms in total. The molecule has 100 valence electrons. The second-order valence-electron chi connectivity index (χ2n) is 5.10. The number of ether oxygens (including phenoxy) is 1. The van der Waals surface area contributed by atoms with E-state index in [4.69, 9.17) is 4.74 Å². The zero-order chi connectivity index (χ0) is 13.1. The standard InChI is InChI=1S/C15H18N2O2/c18-15(17-12-4-2-1-3-5-12)19-13-6-7-14-11(10-13)8-9-16-14/h6-10,12,16H,1-5H2,(H,17,18). The molecular formula is C15H18N2O2. The van der Waals surface area contributed by atoms with E-state index in [-0.39, 0.29) is 12.1 Å². The third kappa shape index (κ3) is 2.89. The Kier molecular flexibility index (Phi) is 3.40. The summed E-state index contributed by atoms with van der Waals surface area (Å²) in [7, 11) is 0. The summed E-state index contributed by atoms with van der Waals surface area (Å²) in [6, 6.07) is 7.82. The molecule has 2 aromatic rings. The van der Waals surface area contributed by atoms with Crippen molar-refractivity contribution in [3.63, 3.8) is 0 Å². The molecule has 3 rings (SSSR count). The van der Waals surface area contributed by atoms with Gasteiger partial charge in [0.25, 0.3) is 0 Å². The molecule has 1 heterocycles. The fourth-order valence-electron chi connectivity index (χ4n) is 2.64. The lowest BCUT2D eigenvalue weighted by Crippen LogP contribution is -2.37. The van der Waals surface area contributed by atoms with Gasteiger partial charge in [0, 0.05) is 23.1 Å². The number of aromatic amines is 1. The molecule has 1 aromatic heterocycles. The van der Waals surface area contributed by atoms with Gasteiger partial charge < -0.3 is 15.0 Å². The lowest BCUT2D eigenvalue weighted by atomic mass is 9.96. The summed E-state index contributed by atoms with van der Waals surface area (Å²) in [5.41, 5.74) is 1.04. The Morgan fingerprint density at radius 1 is 1.21 bits per heavy atom. The molecule has 0 unspecified atom stereocenters. The van der Waals surface area contributed by atoms with Crippen LogP contribution in [0.4, 0.5) is 4.79 Å². The second kappa shape index (κ2) is 5.34. The van der Waals surface area contributed by atoms with Gasteiger partial charge in [-0.1, -0.05) is 19.3 Å². The van der Waals surface area contributed by atoms with Gasteiger partial charge in [-0.3, -0.25) is 0 Å². The van der Waals surface area contributed by atoms with Gasteiger partial charge in [0.15, 0.2) is 0 Å². The molecule has 19 heavy (non-hydrogen) atoms. The van der Waals surface area contributed by atoms with Crippen LogP contribution in [0.1, 0.15) is 32.1 Å². The van der Waals surface area contributed by atoms with Crippen molar-refractivity contribution in [2.45, 2.75) is 38.1 Å². The molecule has 4 heteroatoms. The largest absolute Gasteiger partial charge is 0.412 e. The molecular weight excluding hydrogens is 240 g/mol. The van der Waals surface area contributed by atoms with Crippen molar-refractivity contribution in [2.24, 2.45) is 0 Å². The monoisotopic (exact) mass is 258 g/mol. The van der Waals surface area contributed by atoms with E-state index in [1.807, 2.05) is 24.4 Å². The molecule has 1 aliphatic rings. The quantitative estimate of drug-likeness (QED) is 0.864. The zero-order valence-electron chi connectivity index (χ0n) is 10.8. The van der Waals surface area contributed by atoms with Crippen LogP contribution in [0, 0.1) is 0 Å². The second-order valence-corrected chi connectivity index (χ2v) is 5.10. The molecule has 0 atom stereocenters. The average molecular weight is 258 g/mol. The van der Waals surface area contributed by atoms with Gasteiger partial charge in [0.05, 0.1) is 0 Å². The third-order valence-corrected chi connectivity index (χ3v) is 3.66. The number of H-pyrrole nitrogens is 1. The predicted octanol–water partition coefficient (Wildman–Crippen LogP) is 3.59. The van der Waals surface area contributed by atoms with Crippen molar-refractivity contribution < 1.29 is 9.53 Å². The summed E-state index contributed by atoms with van der Waals surface area (Å²) in [4.78, 5) is 14.9. The van der Waals surface area contributed by atoms with Gasteiger partial charge in [-0.05, 0) is 37.1 Å². The van der Waals surface area contributed by atoms with Gasteiger partial charge in [0.2, 0.25) is 0 Å². The van der Waals surface area contributed by atoms with Crippen molar-refractivity contribution in [1.82, 2.24) is 10.3 Å². The Hall–Kier alpha value is -1.97. The SMILES string of the molecule is O=C(NC1CCCCC1)Oc1ccc2[nH]ccc2c1. The van der Waals surface area contributed by atoms with Crippen LogP contribution in [0.25, 0.3) is 10.9 Å². The first-order valence-electron chi connectivity index (χ1n) is 6.87. The Bertz CT molecular complexity index is 570. The number of nitrogens with one attached hydrogen (secondary N) is 2. The Morgan fingerprint density at radius 3 is 2.89 bits per heavy atom. The molecule has 0 radical (unpaired) electrons. The first-order valence-corrected chi connectivity index (χ1v) is 6.87. The lowest BCUT2D eigenvalue weighted by molar-refractivity contribution is 0.192. The van der Waals surface area contributed by atoms with E-state index in [2.05, 4.69) is 10.3 Å². The van der Waals surface area contributed by atoms with Crippen molar-refractivity contribution in [2.75, 3.05) is 0 Å². The number of carbonyl (C=O) groups is 1. The van der Waals surface area contributed by atoms with E-state index in [1.54, 1.807) is 6.07 Å². The van der Waals surface area contributed by atoms with Crippen LogP contribution in [0.15, 0.2) is 30.5 Å². The minimum absolute atomic E-state index is 0.275. The fourth-order valence-corrected chi connectivity index (χ4v) is 2.64. The van der Waals surface area contributed by atoms with Crippen LogP contribution < -0.4 is 10.1 Å². The summed E-state index contributed by atoms with van der Waals surface area (Å²) in [6.07, 6.45) is 7.31. The molecule has 1 aliphatic carbocycles. The minimum Gasteiger partial charge on any atom is -0.410 e. The van der Waals surface area contributed by atoms with Crippen LogP contribution in [0.2, 0.25) is 0 Å². The smallest absolute Gasteiger partial charge is 0.410 e. The predicted molar refractivity (Wildman–Crippen MR) is 74.3 cm³/mol. The molecule has 0 aliphatic heterocycles. The van der Waals surface area contributed by atoms with Crippen LogP contribution in [0.5, 0.6) is 5.75 Å². The molecule has 0 saturated heterocycles. The molecule has 0 spiro atoms. The van der Waals surface area contributed by atoms with Crippen molar-refractivity contribution in [1.29, 1.82) is 0 Å². The normalized spacial score (nSPS) is 16.4. The summed E-state index contributed by atoms with van der Waals surface area (Å²) in [5, 5.41) is 3.98. The first kappa shape index (κ1) is 12.1. The zero-order valence-corrected chi connectivity index (χ0v) is 10.8. The maximum absolute atomic E-state index is 11.8. The van der Waals surface area contributed by atoms with E-state index in [0.29, 0.717) is 5.75 Å². The molecule has 1 amide bonds. The van der Waals surface area contributed by atoms with Crippen LogP contribution in [-0.2, 0) is 0 Å². The topological polar surface area (TPSA) is 54.1 Å². The van der Waals surface area contributed by atoms with Gasteiger partial charge in [0.1, 0.15) is 5.75 Å². The highest BCUT2D eigenvalue weighted by atomic mass is 16.6. The van der Waals surface area contributed by atoms with Crippen LogP contribution in [-0.4, -0.2) is 17.1 Å². The highest BCUT2D eigenvalue weighted by Crippen LogP contribution is 2.21. The number of benzene rings is 1. The summed E-state index contributed by atoms with van der Waals surface area (Å²) < 4.78 is 5.33. The van der Waals surface area contributed by atoms with E-state index < -0.39 is 0 Å². The third-order valence-electron chi connectivity index (χ3n) is 3.66. The van der Waals surface area contributed by atoms with Gasteiger partial charge in [-0.25, -0.2) is 4.79 Å². The fraction of sp³-hybridized carbons (Fsp3) is 0.400. The highest BCUT2D eigenvalue weighted by molar-refractivity contribution is 5.82. The summed E-state index contributed by atoms with van der Waals surface area (Å²) in [6.45, 7) is 0. The maximum Gasteiger partial charge on any atom is 0.412 e. The Labute approximate surface area is 112 Å². The van der Waals surface area contributed by atoms with Gasteiger partial charge in [-0.2, -0.15) is 0 Å². The van der Waals surface area contributed by atoms with Crippen LogP contribution >= 0.6 is 0 Å². The molecule has 2 N–H and O–H groups in total. The molecule has 0 bridgehead atoms. The molecule has 1 fully saturated rings. The van der Waals surface area contributed by atoms with E-state index in [1.165, 1.54) is 19.3 Å². The van der Waals surface area contributed by atoms with Crippen LogP contribution in [0.3, 0.4) is 0 Å². The lowest BCUT2D eigenvalue weighted by Gasteiger charge is -2.22. The highest BCUT2D eigenvalue weighted by Gasteiger charge is 2.16. The number of aromatic nitrogens is 1. The number of rotatable bonds is 2. The average Bonchev–Trinajstić information content (AvgIpc) is 2.87.